The lowest BCUT2D eigenvalue weighted by Crippen LogP contribution is -2.15. The number of nitrogens with one attached hydrogen (secondary N) is 1. The average molecular weight is 401 g/mol. The lowest BCUT2D eigenvalue weighted by atomic mass is 9.98. The Hall–Kier alpha value is -3.80. The number of halogens is 1. The molecule has 1 N–H and O–H groups in total. The van der Waals surface area contributed by atoms with E-state index in [9.17, 15) is 9.18 Å². The maximum atomic E-state index is 13.9. The Morgan fingerprint density at radius 1 is 1.00 bits per heavy atom. The minimum atomic E-state index is -0.421. The van der Waals surface area contributed by atoms with Gasteiger partial charge in [-0.15, -0.1) is 0 Å². The van der Waals surface area contributed by atoms with E-state index in [4.69, 9.17) is 4.52 Å². The van der Waals surface area contributed by atoms with Gasteiger partial charge in [-0.2, -0.15) is 0 Å². The van der Waals surface area contributed by atoms with E-state index in [0.717, 1.165) is 16.7 Å². The number of pyridine rings is 1. The molecule has 1 amide bonds. The fourth-order valence-electron chi connectivity index (χ4n) is 3.23. The predicted octanol–water partition coefficient (Wildman–Crippen LogP) is 5.34. The number of aryl methyl sites for hydroxylation is 2. The number of rotatable bonds is 5. The van der Waals surface area contributed by atoms with Crippen LogP contribution in [-0.2, 0) is 11.2 Å². The van der Waals surface area contributed by atoms with Crippen molar-refractivity contribution in [2.45, 2.75) is 20.3 Å². The zero-order chi connectivity index (χ0) is 21.1. The lowest BCUT2D eigenvalue weighted by Gasteiger charge is -2.08. The Balaban J connectivity index is 1.71. The number of anilines is 1. The maximum Gasteiger partial charge on any atom is 0.239 e. The Labute approximate surface area is 173 Å². The van der Waals surface area contributed by atoms with Crippen LogP contribution in [0, 0.1) is 19.7 Å². The second kappa shape index (κ2) is 8.29. The van der Waals surface area contributed by atoms with Crippen LogP contribution in [0.2, 0.25) is 0 Å². The molecule has 5 nitrogen and oxygen atoms in total. The van der Waals surface area contributed by atoms with E-state index in [-0.39, 0.29) is 12.3 Å². The molecule has 0 bridgehead atoms. The monoisotopic (exact) mass is 401 g/mol. The molecule has 4 rings (SSSR count). The van der Waals surface area contributed by atoms with Gasteiger partial charge >= 0.3 is 0 Å². The summed E-state index contributed by atoms with van der Waals surface area (Å²) in [6, 6.07) is 15.9. The van der Waals surface area contributed by atoms with Gasteiger partial charge in [0.25, 0.3) is 0 Å². The lowest BCUT2D eigenvalue weighted by molar-refractivity contribution is -0.115. The summed E-state index contributed by atoms with van der Waals surface area (Å²) in [5, 5.41) is 6.97. The predicted molar refractivity (Wildman–Crippen MR) is 113 cm³/mol. The number of hydrogen-bond acceptors (Lipinski definition) is 4. The van der Waals surface area contributed by atoms with Crippen LogP contribution in [-0.4, -0.2) is 16.0 Å². The molecule has 0 aliphatic rings. The Morgan fingerprint density at radius 3 is 2.50 bits per heavy atom. The molecular formula is C24H20FN3O2. The molecule has 0 spiro atoms. The van der Waals surface area contributed by atoms with Crippen molar-refractivity contribution in [3.8, 4) is 22.4 Å². The molecule has 6 heteroatoms. The van der Waals surface area contributed by atoms with Crippen LogP contribution >= 0.6 is 0 Å². The van der Waals surface area contributed by atoms with Gasteiger partial charge < -0.3 is 4.52 Å². The molecule has 0 atom stereocenters. The second-order valence-corrected chi connectivity index (χ2v) is 7.09. The highest BCUT2D eigenvalue weighted by Crippen LogP contribution is 2.38. The van der Waals surface area contributed by atoms with E-state index in [2.05, 4.69) is 15.5 Å². The third-order valence-corrected chi connectivity index (χ3v) is 5.00. The van der Waals surface area contributed by atoms with Crippen molar-refractivity contribution in [3.05, 3.63) is 89.5 Å². The second-order valence-electron chi connectivity index (χ2n) is 7.09. The van der Waals surface area contributed by atoms with Crippen LogP contribution in [0.3, 0.4) is 0 Å². The molecular weight excluding hydrogens is 381 g/mol. The van der Waals surface area contributed by atoms with Gasteiger partial charge in [0.05, 0.1) is 12.0 Å². The van der Waals surface area contributed by atoms with Gasteiger partial charge in [0.2, 0.25) is 11.8 Å². The van der Waals surface area contributed by atoms with Crippen LogP contribution in [0.25, 0.3) is 22.4 Å². The van der Waals surface area contributed by atoms with E-state index < -0.39 is 11.7 Å². The number of carbonyl (C=O) groups excluding carboxylic acids is 1. The smallest absolute Gasteiger partial charge is 0.239 e. The summed E-state index contributed by atoms with van der Waals surface area (Å²) in [6.45, 7) is 4.07. The van der Waals surface area contributed by atoms with Crippen LogP contribution in [0.4, 0.5) is 10.3 Å². The normalized spacial score (nSPS) is 10.8. The zero-order valence-electron chi connectivity index (χ0n) is 16.6. The Kier molecular flexibility index (Phi) is 5.39. The molecule has 0 saturated carbocycles. The molecule has 2 heterocycles. The summed E-state index contributed by atoms with van der Waals surface area (Å²) >= 11 is 0. The first-order valence-electron chi connectivity index (χ1n) is 9.54. The van der Waals surface area contributed by atoms with E-state index in [1.165, 1.54) is 11.6 Å². The van der Waals surface area contributed by atoms with Crippen LogP contribution in [0.15, 0.2) is 71.5 Å². The topological polar surface area (TPSA) is 68.0 Å². The molecule has 150 valence electrons. The molecule has 4 aromatic rings. The highest BCUT2D eigenvalue weighted by atomic mass is 19.1. The fourth-order valence-corrected chi connectivity index (χ4v) is 3.23. The average Bonchev–Trinajstić information content (AvgIpc) is 3.15. The van der Waals surface area contributed by atoms with Crippen molar-refractivity contribution in [1.29, 1.82) is 0 Å². The fraction of sp³-hybridized carbons (Fsp3) is 0.125. The highest BCUT2D eigenvalue weighted by molar-refractivity contribution is 5.97. The number of carbonyl (C=O) groups is 1. The number of hydrogen-bond donors (Lipinski definition) is 1. The molecule has 2 aromatic heterocycles. The molecule has 0 aliphatic heterocycles. The van der Waals surface area contributed by atoms with Gasteiger partial charge in [-0.05, 0) is 60.4 Å². The molecule has 30 heavy (non-hydrogen) atoms. The van der Waals surface area contributed by atoms with Crippen molar-refractivity contribution < 1.29 is 13.7 Å². The van der Waals surface area contributed by atoms with Crippen molar-refractivity contribution in [3.63, 3.8) is 0 Å². The summed E-state index contributed by atoms with van der Waals surface area (Å²) in [6.07, 6.45) is 3.22. The third kappa shape index (κ3) is 3.98. The van der Waals surface area contributed by atoms with Gasteiger partial charge in [0, 0.05) is 18.0 Å². The molecule has 0 aliphatic carbocycles. The molecule has 0 saturated heterocycles. The van der Waals surface area contributed by atoms with Gasteiger partial charge in [-0.3, -0.25) is 15.1 Å². The van der Waals surface area contributed by atoms with Crippen molar-refractivity contribution in [2.24, 2.45) is 0 Å². The molecule has 2 aromatic carbocycles. The maximum absolute atomic E-state index is 13.9. The summed E-state index contributed by atoms with van der Waals surface area (Å²) < 4.78 is 19.4. The first-order valence-corrected chi connectivity index (χ1v) is 9.54. The Bertz CT molecular complexity index is 1200. The van der Waals surface area contributed by atoms with Gasteiger partial charge in [-0.1, -0.05) is 35.5 Å². The first kappa shape index (κ1) is 19.5. The first-order chi connectivity index (χ1) is 14.5. The van der Waals surface area contributed by atoms with Crippen molar-refractivity contribution in [2.75, 3.05) is 5.32 Å². The van der Waals surface area contributed by atoms with E-state index >= 15 is 0 Å². The number of benzene rings is 2. The Morgan fingerprint density at radius 2 is 1.77 bits per heavy atom. The van der Waals surface area contributed by atoms with Gasteiger partial charge in [-0.25, -0.2) is 4.39 Å². The summed E-state index contributed by atoms with van der Waals surface area (Å²) in [5.41, 5.74) is 5.57. The zero-order valence-corrected chi connectivity index (χ0v) is 16.6. The molecule has 0 unspecified atom stereocenters. The summed E-state index contributed by atoms with van der Waals surface area (Å²) in [4.78, 5) is 16.6. The highest BCUT2D eigenvalue weighted by Gasteiger charge is 2.22. The summed E-state index contributed by atoms with van der Waals surface area (Å²) in [7, 11) is 0. The largest absolute Gasteiger partial charge is 0.337 e. The van der Waals surface area contributed by atoms with Crippen LogP contribution in [0.1, 0.15) is 16.7 Å². The third-order valence-electron chi connectivity index (χ3n) is 5.00. The standard InChI is InChI=1S/C24H20FN3O2/c1-15-7-8-19(13-16(15)2)23-22(17-9-11-26-12-10-17)24(30-28-23)27-21(29)14-18-5-3-4-6-20(18)25/h3-13H,14H2,1-2H3,(H,27,29). The summed E-state index contributed by atoms with van der Waals surface area (Å²) in [5.74, 6) is -0.593. The molecule has 0 radical (unpaired) electrons. The quantitative estimate of drug-likeness (QED) is 0.490. The van der Waals surface area contributed by atoms with Crippen molar-refractivity contribution in [1.82, 2.24) is 10.1 Å². The van der Waals surface area contributed by atoms with Gasteiger partial charge in [0.1, 0.15) is 11.5 Å². The molecule has 0 fully saturated rings. The van der Waals surface area contributed by atoms with E-state index in [1.54, 1.807) is 30.6 Å². The van der Waals surface area contributed by atoms with Gasteiger partial charge in [0.15, 0.2) is 0 Å². The number of aromatic nitrogens is 2. The number of amides is 1. The van der Waals surface area contributed by atoms with Crippen LogP contribution in [0.5, 0.6) is 0 Å². The number of nitrogens with zero attached hydrogens (tertiary/aromatic N) is 2. The SMILES string of the molecule is Cc1ccc(-c2noc(NC(=O)Cc3ccccc3F)c2-c2ccncc2)cc1C. The van der Waals surface area contributed by atoms with E-state index in [0.29, 0.717) is 16.8 Å². The van der Waals surface area contributed by atoms with Crippen LogP contribution < -0.4 is 5.32 Å². The minimum absolute atomic E-state index is 0.109. The van der Waals surface area contributed by atoms with E-state index in [1.807, 2.05) is 44.2 Å². The van der Waals surface area contributed by atoms with Crippen molar-refractivity contribution >= 4 is 11.8 Å². The minimum Gasteiger partial charge on any atom is -0.337 e.